The predicted molar refractivity (Wildman–Crippen MR) is 169 cm³/mol. The number of carbonyl (C=O) groups is 4. The zero-order chi connectivity index (χ0) is 31.9. The summed E-state index contributed by atoms with van der Waals surface area (Å²) in [5.41, 5.74) is 0.00336. The smallest absolute Gasteiger partial charge is 0.249 e. The van der Waals surface area contributed by atoms with Crippen LogP contribution in [0.3, 0.4) is 0 Å². The number of hydrogen-bond acceptors (Lipinski definition) is 5. The van der Waals surface area contributed by atoms with Gasteiger partial charge in [-0.3, -0.25) is 24.1 Å². The topological polar surface area (TPSA) is 102 Å². The summed E-state index contributed by atoms with van der Waals surface area (Å²) in [5.74, 6) is -0.187. The summed E-state index contributed by atoms with van der Waals surface area (Å²) >= 11 is 0. The standard InChI is InChI=1S/C33H59N5O4/c1-21(2)20-34-29(39)25-16-14-18-38(25)31(41)24(7)19-27(22(3)4)36(11)32(42)28(33(8,9)10)35-30(40)26-15-12-13-17-37(26)23(5)6/h19,21-23,25-28H,12-18,20H2,1-11H3,(H,34,39)(H,35,40)/b24-19+/t25-,26+,27?,28+/m0/s1. The molecule has 2 heterocycles. The maximum absolute atomic E-state index is 14.1. The Morgan fingerprint density at radius 1 is 0.905 bits per heavy atom. The maximum Gasteiger partial charge on any atom is 0.249 e. The molecule has 2 aliphatic rings. The monoisotopic (exact) mass is 589 g/mol. The third-order valence-electron chi connectivity index (χ3n) is 8.65. The first-order valence-electron chi connectivity index (χ1n) is 16.1. The van der Waals surface area contributed by atoms with Gasteiger partial charge in [0.2, 0.25) is 23.6 Å². The number of likely N-dealkylation sites (N-methyl/N-ethyl adjacent to an activating group) is 1. The molecule has 9 nitrogen and oxygen atoms in total. The van der Waals surface area contributed by atoms with Crippen LogP contribution in [0.1, 0.15) is 101 Å². The summed E-state index contributed by atoms with van der Waals surface area (Å²) in [6.07, 6.45) is 6.16. The van der Waals surface area contributed by atoms with E-state index in [1.54, 1.807) is 23.8 Å². The number of piperidine rings is 1. The van der Waals surface area contributed by atoms with Gasteiger partial charge >= 0.3 is 0 Å². The van der Waals surface area contributed by atoms with E-state index in [-0.39, 0.29) is 47.7 Å². The highest BCUT2D eigenvalue weighted by atomic mass is 16.2. The van der Waals surface area contributed by atoms with Crippen molar-refractivity contribution in [2.24, 2.45) is 17.3 Å². The fraction of sp³-hybridized carbons (Fsp3) is 0.818. The Morgan fingerprint density at radius 3 is 2.07 bits per heavy atom. The lowest BCUT2D eigenvalue weighted by Gasteiger charge is -2.41. The average Bonchev–Trinajstić information content (AvgIpc) is 3.41. The van der Waals surface area contributed by atoms with Crippen LogP contribution in [0.2, 0.25) is 0 Å². The molecule has 2 fully saturated rings. The second kappa shape index (κ2) is 15.3. The molecule has 2 saturated heterocycles. The van der Waals surface area contributed by atoms with Crippen molar-refractivity contribution in [3.8, 4) is 0 Å². The first kappa shape index (κ1) is 35.8. The molecule has 42 heavy (non-hydrogen) atoms. The van der Waals surface area contributed by atoms with Crippen LogP contribution in [0.25, 0.3) is 0 Å². The number of amides is 4. The molecule has 2 aliphatic heterocycles. The molecular formula is C33H59N5O4. The van der Waals surface area contributed by atoms with Gasteiger partial charge in [0.15, 0.2) is 0 Å². The van der Waals surface area contributed by atoms with E-state index < -0.39 is 17.5 Å². The van der Waals surface area contributed by atoms with Crippen molar-refractivity contribution in [2.75, 3.05) is 26.7 Å². The average molecular weight is 590 g/mol. The molecule has 0 aromatic rings. The van der Waals surface area contributed by atoms with E-state index in [0.717, 1.165) is 32.2 Å². The summed E-state index contributed by atoms with van der Waals surface area (Å²) in [6.45, 7) is 22.0. The molecule has 9 heteroatoms. The zero-order valence-electron chi connectivity index (χ0n) is 28.3. The van der Waals surface area contributed by atoms with E-state index in [2.05, 4.69) is 29.4 Å². The third kappa shape index (κ3) is 9.29. The highest BCUT2D eigenvalue weighted by Gasteiger charge is 2.40. The van der Waals surface area contributed by atoms with E-state index in [4.69, 9.17) is 0 Å². The van der Waals surface area contributed by atoms with Crippen LogP contribution in [0.15, 0.2) is 11.6 Å². The van der Waals surface area contributed by atoms with Gasteiger partial charge in [0.1, 0.15) is 12.1 Å². The summed E-state index contributed by atoms with van der Waals surface area (Å²) in [6, 6.07) is -1.54. The normalized spacial score (nSPS) is 22.0. The van der Waals surface area contributed by atoms with Gasteiger partial charge < -0.3 is 20.4 Å². The van der Waals surface area contributed by atoms with E-state index >= 15 is 0 Å². The van der Waals surface area contributed by atoms with Crippen LogP contribution >= 0.6 is 0 Å². The fourth-order valence-corrected chi connectivity index (χ4v) is 6.10. The molecule has 0 aliphatic carbocycles. The van der Waals surface area contributed by atoms with Crippen molar-refractivity contribution in [3.63, 3.8) is 0 Å². The molecule has 0 radical (unpaired) electrons. The van der Waals surface area contributed by atoms with Crippen molar-refractivity contribution in [3.05, 3.63) is 11.6 Å². The zero-order valence-corrected chi connectivity index (χ0v) is 28.3. The third-order valence-corrected chi connectivity index (χ3v) is 8.65. The van der Waals surface area contributed by atoms with Gasteiger partial charge in [0, 0.05) is 31.8 Å². The van der Waals surface area contributed by atoms with Crippen LogP contribution in [0.5, 0.6) is 0 Å². The van der Waals surface area contributed by atoms with Crippen molar-refractivity contribution < 1.29 is 19.2 Å². The molecular weight excluding hydrogens is 530 g/mol. The van der Waals surface area contributed by atoms with Crippen molar-refractivity contribution in [1.29, 1.82) is 0 Å². The minimum atomic E-state index is -0.718. The van der Waals surface area contributed by atoms with E-state index in [9.17, 15) is 19.2 Å². The number of carbonyl (C=O) groups excluding carboxylic acids is 4. The Labute approximate surface area is 255 Å². The molecule has 240 valence electrons. The van der Waals surface area contributed by atoms with Gasteiger partial charge in [-0.1, -0.05) is 61.0 Å². The van der Waals surface area contributed by atoms with Gasteiger partial charge in [-0.15, -0.1) is 0 Å². The van der Waals surface area contributed by atoms with Gasteiger partial charge in [0.05, 0.1) is 12.1 Å². The molecule has 0 saturated carbocycles. The summed E-state index contributed by atoms with van der Waals surface area (Å²) in [5, 5.41) is 6.10. The predicted octanol–water partition coefficient (Wildman–Crippen LogP) is 3.97. The highest BCUT2D eigenvalue weighted by molar-refractivity contribution is 5.97. The van der Waals surface area contributed by atoms with E-state index in [0.29, 0.717) is 31.0 Å². The minimum Gasteiger partial charge on any atom is -0.354 e. The highest BCUT2D eigenvalue weighted by Crippen LogP contribution is 2.27. The van der Waals surface area contributed by atoms with Crippen LogP contribution < -0.4 is 10.6 Å². The molecule has 1 unspecified atom stereocenters. The largest absolute Gasteiger partial charge is 0.354 e. The Hall–Kier alpha value is -2.42. The molecule has 4 atom stereocenters. The first-order chi connectivity index (χ1) is 19.5. The first-order valence-corrected chi connectivity index (χ1v) is 16.1. The lowest BCUT2D eigenvalue weighted by atomic mass is 9.84. The number of likely N-dealkylation sites (tertiary alicyclic amines) is 2. The van der Waals surface area contributed by atoms with Gasteiger partial charge in [-0.25, -0.2) is 0 Å². The quantitative estimate of drug-likeness (QED) is 0.355. The van der Waals surface area contributed by atoms with Crippen molar-refractivity contribution in [1.82, 2.24) is 25.3 Å². The van der Waals surface area contributed by atoms with Crippen molar-refractivity contribution >= 4 is 23.6 Å². The van der Waals surface area contributed by atoms with Crippen LogP contribution in [-0.4, -0.2) is 95.2 Å². The Kier molecular flexibility index (Phi) is 13.1. The fourth-order valence-electron chi connectivity index (χ4n) is 6.10. The summed E-state index contributed by atoms with van der Waals surface area (Å²) in [7, 11) is 1.76. The molecule has 2 rings (SSSR count). The maximum atomic E-state index is 14.1. The molecule has 4 amide bonds. The molecule has 0 aromatic heterocycles. The summed E-state index contributed by atoms with van der Waals surface area (Å²) < 4.78 is 0. The number of nitrogens with zero attached hydrogens (tertiary/aromatic N) is 3. The number of hydrogen-bond donors (Lipinski definition) is 2. The molecule has 0 spiro atoms. The molecule has 0 aromatic carbocycles. The van der Waals surface area contributed by atoms with Crippen molar-refractivity contribution in [2.45, 2.75) is 132 Å². The SMILES string of the molecule is C/C(=C\C(C(C)C)N(C)C(=O)[C@@H](NC(=O)[C@H]1CCCCN1C(C)C)C(C)(C)C)C(=O)N1CCC[C@H]1C(=O)NCC(C)C. The van der Waals surface area contributed by atoms with Gasteiger partial charge in [0.25, 0.3) is 0 Å². The van der Waals surface area contributed by atoms with Crippen LogP contribution in [-0.2, 0) is 19.2 Å². The number of rotatable bonds is 11. The number of nitrogens with one attached hydrogen (secondary N) is 2. The van der Waals surface area contributed by atoms with Gasteiger partial charge in [-0.2, -0.15) is 0 Å². The van der Waals surface area contributed by atoms with Crippen LogP contribution in [0, 0.1) is 17.3 Å². The minimum absolute atomic E-state index is 0.0245. The Morgan fingerprint density at radius 2 is 1.52 bits per heavy atom. The lowest BCUT2D eigenvalue weighted by Crippen LogP contribution is -2.60. The Bertz CT molecular complexity index is 983. The van der Waals surface area contributed by atoms with Gasteiger partial charge in [-0.05, 0) is 70.3 Å². The second-order valence-corrected chi connectivity index (χ2v) is 14.5. The molecule has 2 N–H and O–H groups in total. The second-order valence-electron chi connectivity index (χ2n) is 14.5. The Balaban J connectivity index is 2.25. The summed E-state index contributed by atoms with van der Waals surface area (Å²) in [4.78, 5) is 59.6. The molecule has 0 bridgehead atoms. The van der Waals surface area contributed by atoms with E-state index in [1.165, 1.54) is 0 Å². The van der Waals surface area contributed by atoms with E-state index in [1.807, 2.05) is 54.5 Å². The lowest BCUT2D eigenvalue weighted by molar-refractivity contribution is -0.142. The van der Waals surface area contributed by atoms with Crippen LogP contribution in [0.4, 0.5) is 0 Å².